The van der Waals surface area contributed by atoms with Crippen LogP contribution >= 0.6 is 45.2 Å². The summed E-state index contributed by atoms with van der Waals surface area (Å²) in [5, 5.41) is 6.44. The molecule has 1 amide bonds. The highest BCUT2D eigenvalue weighted by molar-refractivity contribution is 14.1. The highest BCUT2D eigenvalue weighted by Gasteiger charge is 2.09. The van der Waals surface area contributed by atoms with Crippen molar-refractivity contribution in [3.63, 3.8) is 0 Å². The van der Waals surface area contributed by atoms with Crippen LogP contribution in [-0.2, 0) is 17.8 Å². The Morgan fingerprint density at radius 3 is 2.30 bits per heavy atom. The third-order valence-corrected chi connectivity index (χ3v) is 6.50. The highest BCUT2D eigenvalue weighted by Crippen LogP contribution is 2.29. The van der Waals surface area contributed by atoms with Gasteiger partial charge in [0.05, 0.1) is 19.8 Å². The van der Waals surface area contributed by atoms with E-state index in [1.165, 1.54) is 22.9 Å². The number of hydrogen-bond acceptors (Lipinski definition) is 3. The minimum absolute atomic E-state index is 0.133. The molecule has 0 aliphatic carbocycles. The Bertz CT molecular complexity index is 1300. The van der Waals surface area contributed by atoms with E-state index in [9.17, 15) is 9.18 Å². The van der Waals surface area contributed by atoms with Gasteiger partial charge >= 0.3 is 0 Å². The largest absolute Gasteiger partial charge is 0.487 e. The van der Waals surface area contributed by atoms with Gasteiger partial charge in [0.15, 0.2) is 0 Å². The predicted molar refractivity (Wildman–Crippen MR) is 146 cm³/mol. The SMILES string of the molecule is O=C(Cc1ccc(F)cc1)N/N=C/c1cc(I)c(OCc2ccc3ccccc3c2)c(I)c1. The molecule has 0 aliphatic rings. The Morgan fingerprint density at radius 1 is 0.909 bits per heavy atom. The maximum absolute atomic E-state index is 13.0. The van der Waals surface area contributed by atoms with E-state index >= 15 is 0 Å². The van der Waals surface area contributed by atoms with Crippen LogP contribution in [0.5, 0.6) is 5.75 Å². The molecule has 0 aliphatic heterocycles. The van der Waals surface area contributed by atoms with E-state index in [1.54, 1.807) is 18.3 Å². The summed E-state index contributed by atoms with van der Waals surface area (Å²) < 4.78 is 21.0. The lowest BCUT2D eigenvalue weighted by molar-refractivity contribution is -0.120. The standard InChI is InChI=1S/C26H19FI2N2O2/c27-22-9-6-17(7-10-22)14-25(32)31-30-15-19-12-23(28)26(24(29)13-19)33-16-18-5-8-20-3-1-2-4-21(20)11-18/h1-13,15H,14,16H2,(H,31,32)/b30-15+. The van der Waals surface area contributed by atoms with E-state index < -0.39 is 0 Å². The van der Waals surface area contributed by atoms with Gasteiger partial charge in [-0.1, -0.05) is 48.5 Å². The average Bonchev–Trinajstić information content (AvgIpc) is 2.80. The molecule has 0 aromatic heterocycles. The topological polar surface area (TPSA) is 50.7 Å². The number of amides is 1. The van der Waals surface area contributed by atoms with E-state index in [0.29, 0.717) is 6.61 Å². The number of hydrogen-bond donors (Lipinski definition) is 1. The van der Waals surface area contributed by atoms with Crippen LogP contribution < -0.4 is 10.2 Å². The Morgan fingerprint density at radius 2 is 1.58 bits per heavy atom. The van der Waals surface area contributed by atoms with Crippen molar-refractivity contribution in [3.8, 4) is 5.75 Å². The van der Waals surface area contributed by atoms with Crippen molar-refractivity contribution in [1.82, 2.24) is 5.43 Å². The summed E-state index contributed by atoms with van der Waals surface area (Å²) in [4.78, 5) is 12.0. The molecular formula is C26H19FI2N2O2. The molecule has 4 nitrogen and oxygen atoms in total. The number of fused-ring (bicyclic) bond motifs is 1. The molecule has 166 valence electrons. The number of benzene rings is 4. The van der Waals surface area contributed by atoms with Crippen LogP contribution in [-0.4, -0.2) is 12.1 Å². The van der Waals surface area contributed by atoms with Gasteiger partial charge in [0.1, 0.15) is 18.2 Å². The molecule has 33 heavy (non-hydrogen) atoms. The summed E-state index contributed by atoms with van der Waals surface area (Å²) in [5.41, 5.74) is 5.19. The third kappa shape index (κ3) is 6.50. The number of ether oxygens (including phenoxy) is 1. The van der Waals surface area contributed by atoms with Crippen LogP contribution in [0.2, 0.25) is 0 Å². The number of hydrazone groups is 1. The van der Waals surface area contributed by atoms with Gasteiger partial charge in [0, 0.05) is 0 Å². The lowest BCUT2D eigenvalue weighted by atomic mass is 10.1. The average molecular weight is 664 g/mol. The van der Waals surface area contributed by atoms with Crippen molar-refractivity contribution in [2.75, 3.05) is 0 Å². The van der Waals surface area contributed by atoms with Gasteiger partial charge < -0.3 is 4.74 Å². The van der Waals surface area contributed by atoms with Crippen LogP contribution in [0, 0.1) is 13.0 Å². The molecule has 0 saturated heterocycles. The first-order chi connectivity index (χ1) is 16.0. The molecule has 0 unspecified atom stereocenters. The zero-order valence-corrected chi connectivity index (χ0v) is 21.7. The quantitative estimate of drug-likeness (QED) is 0.140. The Kier molecular flexibility index (Phi) is 7.92. The third-order valence-electron chi connectivity index (χ3n) is 4.90. The molecule has 0 saturated carbocycles. The van der Waals surface area contributed by atoms with E-state index in [0.717, 1.165) is 29.6 Å². The van der Waals surface area contributed by atoms with Crippen LogP contribution in [0.4, 0.5) is 4.39 Å². The molecule has 0 bridgehead atoms. The lowest BCUT2D eigenvalue weighted by Crippen LogP contribution is -2.19. The van der Waals surface area contributed by atoms with Crippen molar-refractivity contribution in [2.24, 2.45) is 5.10 Å². The zero-order valence-electron chi connectivity index (χ0n) is 17.4. The predicted octanol–water partition coefficient (Wildman–Crippen LogP) is 6.46. The Balaban J connectivity index is 1.36. The van der Waals surface area contributed by atoms with Gasteiger partial charge in [-0.3, -0.25) is 4.79 Å². The second-order valence-electron chi connectivity index (χ2n) is 7.38. The Hall–Kier alpha value is -2.53. The van der Waals surface area contributed by atoms with Gasteiger partial charge in [-0.2, -0.15) is 5.10 Å². The molecule has 0 atom stereocenters. The number of nitrogens with one attached hydrogen (secondary N) is 1. The monoisotopic (exact) mass is 664 g/mol. The zero-order chi connectivity index (χ0) is 23.2. The number of halogens is 3. The molecule has 1 N–H and O–H groups in total. The van der Waals surface area contributed by atoms with Gasteiger partial charge in [0.25, 0.3) is 0 Å². The van der Waals surface area contributed by atoms with Crippen LogP contribution in [0.1, 0.15) is 16.7 Å². The maximum atomic E-state index is 13.0. The highest BCUT2D eigenvalue weighted by atomic mass is 127. The molecule has 0 heterocycles. The molecule has 4 rings (SSSR count). The fourth-order valence-corrected chi connectivity index (χ4v) is 5.41. The normalized spacial score (nSPS) is 11.1. The second kappa shape index (κ2) is 11.1. The Labute approximate surface area is 218 Å². The summed E-state index contributed by atoms with van der Waals surface area (Å²) in [7, 11) is 0. The van der Waals surface area contributed by atoms with E-state index in [-0.39, 0.29) is 18.1 Å². The van der Waals surface area contributed by atoms with E-state index in [4.69, 9.17) is 4.74 Å². The molecule has 0 fully saturated rings. The summed E-state index contributed by atoms with van der Waals surface area (Å²) in [6, 6.07) is 24.3. The van der Waals surface area contributed by atoms with Crippen molar-refractivity contribution < 1.29 is 13.9 Å². The minimum Gasteiger partial charge on any atom is -0.487 e. The van der Waals surface area contributed by atoms with Crippen LogP contribution in [0.25, 0.3) is 10.8 Å². The maximum Gasteiger partial charge on any atom is 0.244 e. The van der Waals surface area contributed by atoms with Gasteiger partial charge in [-0.25, -0.2) is 9.82 Å². The first-order valence-electron chi connectivity index (χ1n) is 10.1. The van der Waals surface area contributed by atoms with E-state index in [2.05, 4.69) is 86.0 Å². The summed E-state index contributed by atoms with van der Waals surface area (Å²) in [6.45, 7) is 0.476. The molecule has 4 aromatic carbocycles. The van der Waals surface area contributed by atoms with E-state index in [1.807, 2.05) is 24.3 Å². The van der Waals surface area contributed by atoms with Crippen molar-refractivity contribution in [2.45, 2.75) is 13.0 Å². The van der Waals surface area contributed by atoms with Crippen LogP contribution in [0.3, 0.4) is 0 Å². The number of carbonyl (C=O) groups is 1. The smallest absolute Gasteiger partial charge is 0.244 e. The minimum atomic E-state index is -0.328. The van der Waals surface area contributed by atoms with Gasteiger partial charge in [-0.15, -0.1) is 0 Å². The van der Waals surface area contributed by atoms with Crippen LogP contribution in [0.15, 0.2) is 84.0 Å². The second-order valence-corrected chi connectivity index (χ2v) is 9.70. The van der Waals surface area contributed by atoms with Crippen molar-refractivity contribution >= 4 is 68.1 Å². The first-order valence-corrected chi connectivity index (χ1v) is 12.3. The van der Waals surface area contributed by atoms with Crippen molar-refractivity contribution in [1.29, 1.82) is 0 Å². The molecule has 0 radical (unpaired) electrons. The fourth-order valence-electron chi connectivity index (χ4n) is 3.28. The summed E-state index contributed by atoms with van der Waals surface area (Å²) in [6.07, 6.45) is 1.73. The molecule has 4 aromatic rings. The molecule has 0 spiro atoms. The van der Waals surface area contributed by atoms with Gasteiger partial charge in [0.2, 0.25) is 5.91 Å². The number of rotatable bonds is 7. The lowest BCUT2D eigenvalue weighted by Gasteiger charge is -2.12. The number of nitrogens with zero attached hydrogens (tertiary/aromatic N) is 1. The molecule has 7 heteroatoms. The summed E-state index contributed by atoms with van der Waals surface area (Å²) >= 11 is 4.48. The van der Waals surface area contributed by atoms with Crippen molar-refractivity contribution in [3.05, 3.63) is 109 Å². The fraction of sp³-hybridized carbons (Fsp3) is 0.0769. The molecular weight excluding hydrogens is 645 g/mol. The van der Waals surface area contributed by atoms with Gasteiger partial charge in [-0.05, 0) is 103 Å². The first kappa shape index (κ1) is 23.6. The summed E-state index contributed by atoms with van der Waals surface area (Å²) in [5.74, 6) is 0.227. The number of carbonyl (C=O) groups excluding carboxylic acids is 1.